The second-order valence-electron chi connectivity index (χ2n) is 5.91. The van der Waals surface area contributed by atoms with Crippen LogP contribution >= 0.6 is 24.8 Å². The van der Waals surface area contributed by atoms with E-state index in [4.69, 9.17) is 0 Å². The Morgan fingerprint density at radius 1 is 1.42 bits per heavy atom. The van der Waals surface area contributed by atoms with Crippen molar-refractivity contribution in [3.63, 3.8) is 0 Å². The van der Waals surface area contributed by atoms with Crippen molar-refractivity contribution in [2.45, 2.75) is 20.0 Å². The fourth-order valence-electron chi connectivity index (χ4n) is 3.00. The van der Waals surface area contributed by atoms with Crippen LogP contribution in [0.15, 0.2) is 6.07 Å². The van der Waals surface area contributed by atoms with Gasteiger partial charge in [0.05, 0.1) is 22.7 Å². The first-order valence-corrected chi connectivity index (χ1v) is 7.45. The fraction of sp³-hybridized carbons (Fsp3) is 0.533. The monoisotopic (exact) mass is 375 g/mol. The van der Waals surface area contributed by atoms with Gasteiger partial charge in [-0.3, -0.25) is 9.48 Å². The number of hydrogen-bond acceptors (Lipinski definition) is 5. The third-order valence-electron chi connectivity index (χ3n) is 4.17. The van der Waals surface area contributed by atoms with Crippen molar-refractivity contribution in [2.75, 3.05) is 19.6 Å². The minimum absolute atomic E-state index is 0. The zero-order valence-corrected chi connectivity index (χ0v) is 15.5. The van der Waals surface area contributed by atoms with Crippen molar-refractivity contribution < 1.29 is 9.90 Å². The number of aromatic nitrogens is 3. The Labute approximate surface area is 153 Å². The van der Waals surface area contributed by atoms with Gasteiger partial charge in [-0.15, -0.1) is 24.8 Å². The van der Waals surface area contributed by atoms with Gasteiger partial charge in [-0.05, 0) is 19.9 Å². The number of rotatable bonds is 3. The minimum Gasteiger partial charge on any atom is -0.391 e. The Kier molecular flexibility index (Phi) is 6.97. The number of carbonyl (C=O) groups excluding carboxylic acids is 1. The molecule has 3 N–H and O–H groups in total. The van der Waals surface area contributed by atoms with Gasteiger partial charge < -0.3 is 15.7 Å². The predicted octanol–water partition coefficient (Wildman–Crippen LogP) is 0.739. The summed E-state index contributed by atoms with van der Waals surface area (Å²) in [6.07, 6.45) is -0.403. The molecule has 1 fully saturated rings. The zero-order chi connectivity index (χ0) is 15.9. The van der Waals surface area contributed by atoms with Gasteiger partial charge in [0.1, 0.15) is 0 Å². The van der Waals surface area contributed by atoms with Crippen LogP contribution in [-0.4, -0.2) is 51.5 Å². The van der Waals surface area contributed by atoms with E-state index < -0.39 is 6.10 Å². The molecule has 2 unspecified atom stereocenters. The van der Waals surface area contributed by atoms with Crippen LogP contribution in [0.1, 0.15) is 21.7 Å². The summed E-state index contributed by atoms with van der Waals surface area (Å²) in [5.41, 5.74) is 2.87. The van der Waals surface area contributed by atoms with E-state index in [-0.39, 0.29) is 36.6 Å². The number of aliphatic hydroxyl groups excluding tert-OH is 1. The highest BCUT2D eigenvalue weighted by Gasteiger charge is 2.26. The number of pyridine rings is 1. The van der Waals surface area contributed by atoms with E-state index in [0.29, 0.717) is 24.3 Å². The number of carbonyl (C=O) groups is 1. The predicted molar refractivity (Wildman–Crippen MR) is 97.2 cm³/mol. The summed E-state index contributed by atoms with van der Waals surface area (Å²) in [6, 6.07) is 1.79. The minimum atomic E-state index is -0.403. The van der Waals surface area contributed by atoms with Gasteiger partial charge in [0, 0.05) is 38.3 Å². The molecule has 7 nitrogen and oxygen atoms in total. The van der Waals surface area contributed by atoms with Crippen molar-refractivity contribution in [3.05, 3.63) is 23.0 Å². The Bertz CT molecular complexity index is 734. The molecule has 2 atom stereocenters. The van der Waals surface area contributed by atoms with E-state index >= 15 is 0 Å². The third kappa shape index (κ3) is 3.80. The van der Waals surface area contributed by atoms with E-state index in [1.165, 1.54) is 0 Å². The van der Waals surface area contributed by atoms with E-state index in [9.17, 15) is 9.90 Å². The quantitative estimate of drug-likeness (QED) is 0.735. The van der Waals surface area contributed by atoms with Crippen molar-refractivity contribution >= 4 is 41.8 Å². The lowest BCUT2D eigenvalue weighted by atomic mass is 10.1. The highest BCUT2D eigenvalue weighted by Crippen LogP contribution is 2.21. The van der Waals surface area contributed by atoms with E-state index in [0.717, 1.165) is 23.3 Å². The van der Waals surface area contributed by atoms with Crippen molar-refractivity contribution in [2.24, 2.45) is 13.0 Å². The Morgan fingerprint density at radius 3 is 2.75 bits per heavy atom. The molecule has 24 heavy (non-hydrogen) atoms. The molecule has 1 amide bonds. The number of β-amino-alcohol motifs (C(OH)–C–C–N with tert-alkyl or cyclic N) is 1. The van der Waals surface area contributed by atoms with Crippen LogP contribution < -0.4 is 10.6 Å². The van der Waals surface area contributed by atoms with Gasteiger partial charge in [0.25, 0.3) is 5.91 Å². The molecule has 3 heterocycles. The average Bonchev–Trinajstić information content (AvgIpc) is 3.00. The first-order valence-electron chi connectivity index (χ1n) is 7.45. The molecule has 1 aliphatic heterocycles. The number of nitrogens with one attached hydrogen (secondary N) is 2. The maximum Gasteiger partial charge on any atom is 0.252 e. The van der Waals surface area contributed by atoms with Gasteiger partial charge >= 0.3 is 0 Å². The van der Waals surface area contributed by atoms with Crippen LogP contribution in [0.25, 0.3) is 11.0 Å². The number of nitrogens with zero attached hydrogens (tertiary/aromatic N) is 3. The molecule has 2 aromatic heterocycles. The van der Waals surface area contributed by atoms with Crippen LogP contribution in [0.3, 0.4) is 0 Å². The number of aryl methyl sites for hydroxylation is 3. The molecule has 0 bridgehead atoms. The molecule has 3 rings (SSSR count). The molecular weight excluding hydrogens is 353 g/mol. The Hall–Kier alpha value is -1.41. The molecule has 9 heteroatoms. The highest BCUT2D eigenvalue weighted by molar-refractivity contribution is 6.06. The Balaban J connectivity index is 0.00000144. The first kappa shape index (κ1) is 20.6. The number of fused-ring (bicyclic) bond motifs is 1. The van der Waals surface area contributed by atoms with Crippen LogP contribution in [-0.2, 0) is 7.05 Å². The van der Waals surface area contributed by atoms with Gasteiger partial charge in [-0.2, -0.15) is 5.10 Å². The molecular formula is C15H23Cl2N5O2. The van der Waals surface area contributed by atoms with Gasteiger partial charge in [-0.1, -0.05) is 0 Å². The summed E-state index contributed by atoms with van der Waals surface area (Å²) in [4.78, 5) is 17.0. The summed E-state index contributed by atoms with van der Waals surface area (Å²) >= 11 is 0. The topological polar surface area (TPSA) is 92.1 Å². The molecule has 1 saturated heterocycles. The van der Waals surface area contributed by atoms with Crippen molar-refractivity contribution in [3.8, 4) is 0 Å². The molecule has 0 aliphatic carbocycles. The third-order valence-corrected chi connectivity index (χ3v) is 4.17. The summed E-state index contributed by atoms with van der Waals surface area (Å²) in [7, 11) is 1.82. The van der Waals surface area contributed by atoms with Crippen molar-refractivity contribution in [1.82, 2.24) is 25.4 Å². The molecule has 0 radical (unpaired) electrons. The molecule has 0 saturated carbocycles. The number of halogens is 2. The van der Waals surface area contributed by atoms with Crippen molar-refractivity contribution in [1.29, 1.82) is 0 Å². The number of hydrogen-bond donors (Lipinski definition) is 3. The second kappa shape index (κ2) is 8.11. The van der Waals surface area contributed by atoms with E-state index in [1.54, 1.807) is 10.7 Å². The standard InChI is InChI=1S/C15H21N5O2.2ClH/c1-8-4-11(13-9(2)19-20(3)14(13)18-8)15(22)17-6-10-5-16-7-12(10)21;;/h4,10,12,16,21H,5-7H2,1-3H3,(H,17,22);2*1H. The summed E-state index contributed by atoms with van der Waals surface area (Å²) in [5.74, 6) is -0.0944. The largest absolute Gasteiger partial charge is 0.391 e. The smallest absolute Gasteiger partial charge is 0.252 e. The second-order valence-corrected chi connectivity index (χ2v) is 5.91. The molecule has 0 aromatic carbocycles. The van der Waals surface area contributed by atoms with E-state index in [2.05, 4.69) is 20.7 Å². The van der Waals surface area contributed by atoms with Gasteiger partial charge in [0.15, 0.2) is 5.65 Å². The SMILES string of the molecule is Cc1cc(C(=O)NCC2CNCC2O)c2c(C)nn(C)c2n1.Cl.Cl. The van der Waals surface area contributed by atoms with E-state index in [1.807, 2.05) is 20.9 Å². The fourth-order valence-corrected chi connectivity index (χ4v) is 3.00. The van der Waals surface area contributed by atoms with Crippen LogP contribution in [0.2, 0.25) is 0 Å². The summed E-state index contributed by atoms with van der Waals surface area (Å²) < 4.78 is 1.69. The summed E-state index contributed by atoms with van der Waals surface area (Å²) in [5, 5.41) is 21.0. The van der Waals surface area contributed by atoms with Crippen LogP contribution in [0, 0.1) is 19.8 Å². The lowest BCUT2D eigenvalue weighted by Gasteiger charge is -2.14. The van der Waals surface area contributed by atoms with Crippen LogP contribution in [0.5, 0.6) is 0 Å². The maximum atomic E-state index is 12.6. The lowest BCUT2D eigenvalue weighted by Crippen LogP contribution is -2.34. The lowest BCUT2D eigenvalue weighted by molar-refractivity contribution is 0.0928. The van der Waals surface area contributed by atoms with Gasteiger partial charge in [0.2, 0.25) is 0 Å². The maximum absolute atomic E-state index is 12.6. The first-order chi connectivity index (χ1) is 10.5. The molecule has 134 valence electrons. The Morgan fingerprint density at radius 2 is 2.12 bits per heavy atom. The number of amides is 1. The zero-order valence-electron chi connectivity index (χ0n) is 13.9. The molecule has 0 spiro atoms. The molecule has 2 aromatic rings. The van der Waals surface area contributed by atoms with Gasteiger partial charge in [-0.25, -0.2) is 4.98 Å². The molecule has 1 aliphatic rings. The van der Waals surface area contributed by atoms with Crippen LogP contribution in [0.4, 0.5) is 0 Å². The highest BCUT2D eigenvalue weighted by atomic mass is 35.5. The number of aliphatic hydroxyl groups is 1. The summed E-state index contributed by atoms with van der Waals surface area (Å²) in [6.45, 7) is 5.50. The average molecular weight is 376 g/mol. The normalized spacial score (nSPS) is 19.7.